The van der Waals surface area contributed by atoms with Gasteiger partial charge in [-0.15, -0.1) is 11.8 Å². The minimum atomic E-state index is -0.191. The Morgan fingerprint density at radius 3 is 3.00 bits per heavy atom. The van der Waals surface area contributed by atoms with Crippen LogP contribution in [0, 0.1) is 5.82 Å². The molecule has 1 aromatic carbocycles. The fraction of sp³-hybridized carbons (Fsp3) is 0.357. The van der Waals surface area contributed by atoms with Crippen molar-refractivity contribution in [2.75, 3.05) is 6.26 Å². The minimum absolute atomic E-state index is 0.191. The molecule has 0 aliphatic carbocycles. The zero-order valence-electron chi connectivity index (χ0n) is 10.3. The molecule has 1 aliphatic rings. The van der Waals surface area contributed by atoms with Crippen LogP contribution in [-0.4, -0.2) is 15.8 Å². The van der Waals surface area contributed by atoms with Gasteiger partial charge in [-0.1, -0.05) is 0 Å². The molecule has 1 aromatic heterocycles. The number of fused-ring (bicyclic) bond motifs is 1. The summed E-state index contributed by atoms with van der Waals surface area (Å²) in [6, 6.07) is 5.22. The zero-order chi connectivity index (χ0) is 12.5. The largest absolute Gasteiger partial charge is 0.334 e. The average molecular weight is 262 g/mol. The van der Waals surface area contributed by atoms with Crippen LogP contribution in [0.25, 0.3) is 11.3 Å². The van der Waals surface area contributed by atoms with E-state index in [1.807, 2.05) is 18.5 Å². The Kier molecular flexibility index (Phi) is 3.12. The van der Waals surface area contributed by atoms with E-state index in [-0.39, 0.29) is 5.82 Å². The summed E-state index contributed by atoms with van der Waals surface area (Å²) in [6.45, 7) is 1.01. The second-order valence-electron chi connectivity index (χ2n) is 4.54. The normalized spacial score (nSPS) is 14.6. The van der Waals surface area contributed by atoms with E-state index in [2.05, 4.69) is 9.55 Å². The van der Waals surface area contributed by atoms with Gasteiger partial charge >= 0.3 is 0 Å². The molecule has 1 aliphatic heterocycles. The number of thioether (sulfide) groups is 1. The van der Waals surface area contributed by atoms with E-state index in [4.69, 9.17) is 0 Å². The SMILES string of the molecule is CSc1ccc(F)c(-c2cn3c(n2)CCCC3)c1. The van der Waals surface area contributed by atoms with Crippen LogP contribution >= 0.6 is 11.8 Å². The molecule has 0 amide bonds. The van der Waals surface area contributed by atoms with E-state index in [9.17, 15) is 4.39 Å². The van der Waals surface area contributed by atoms with Crippen molar-refractivity contribution in [3.8, 4) is 11.3 Å². The lowest BCUT2D eigenvalue weighted by Gasteiger charge is -2.11. The molecule has 18 heavy (non-hydrogen) atoms. The second-order valence-corrected chi connectivity index (χ2v) is 5.42. The summed E-state index contributed by atoms with van der Waals surface area (Å²) in [4.78, 5) is 5.64. The van der Waals surface area contributed by atoms with Crippen LogP contribution in [-0.2, 0) is 13.0 Å². The van der Waals surface area contributed by atoms with E-state index in [1.165, 1.54) is 18.9 Å². The quantitative estimate of drug-likeness (QED) is 0.767. The molecule has 2 aromatic rings. The lowest BCUT2D eigenvalue weighted by molar-refractivity contribution is 0.522. The van der Waals surface area contributed by atoms with Crippen LogP contribution in [0.5, 0.6) is 0 Å². The van der Waals surface area contributed by atoms with E-state index in [1.54, 1.807) is 17.8 Å². The minimum Gasteiger partial charge on any atom is -0.334 e. The molecule has 4 heteroatoms. The highest BCUT2D eigenvalue weighted by Crippen LogP contribution is 2.28. The van der Waals surface area contributed by atoms with Crippen LogP contribution in [0.1, 0.15) is 18.7 Å². The average Bonchev–Trinajstić information content (AvgIpc) is 2.82. The highest BCUT2D eigenvalue weighted by molar-refractivity contribution is 7.98. The van der Waals surface area contributed by atoms with Crippen molar-refractivity contribution in [1.29, 1.82) is 0 Å². The lowest BCUT2D eigenvalue weighted by Crippen LogP contribution is -2.08. The molecule has 0 N–H and O–H groups in total. The number of aromatic nitrogens is 2. The monoisotopic (exact) mass is 262 g/mol. The van der Waals surface area contributed by atoms with Crippen molar-refractivity contribution in [2.24, 2.45) is 0 Å². The highest BCUT2D eigenvalue weighted by atomic mass is 32.2. The molecule has 0 atom stereocenters. The Labute approximate surface area is 110 Å². The standard InChI is InChI=1S/C14H15FN2S/c1-18-10-5-6-12(15)11(8-10)13-9-17-7-3-2-4-14(17)16-13/h5-6,8-9H,2-4,7H2,1H3. The van der Waals surface area contributed by atoms with E-state index >= 15 is 0 Å². The van der Waals surface area contributed by atoms with Crippen molar-refractivity contribution in [3.05, 3.63) is 36.0 Å². The summed E-state index contributed by atoms with van der Waals surface area (Å²) in [5.41, 5.74) is 1.38. The topological polar surface area (TPSA) is 17.8 Å². The van der Waals surface area contributed by atoms with Gasteiger partial charge in [0.1, 0.15) is 11.6 Å². The Hall–Kier alpha value is -1.29. The van der Waals surface area contributed by atoms with Crippen molar-refractivity contribution < 1.29 is 4.39 Å². The van der Waals surface area contributed by atoms with E-state index in [0.717, 1.165) is 29.4 Å². The number of hydrogen-bond acceptors (Lipinski definition) is 2. The molecule has 2 heterocycles. The molecule has 0 saturated carbocycles. The summed E-state index contributed by atoms with van der Waals surface area (Å²) < 4.78 is 16.1. The zero-order valence-corrected chi connectivity index (χ0v) is 11.1. The Morgan fingerprint density at radius 2 is 2.22 bits per heavy atom. The van der Waals surface area contributed by atoms with Crippen LogP contribution in [0.3, 0.4) is 0 Å². The van der Waals surface area contributed by atoms with E-state index in [0.29, 0.717) is 5.56 Å². The molecule has 3 rings (SSSR count). The molecule has 0 bridgehead atoms. The smallest absolute Gasteiger partial charge is 0.132 e. The lowest BCUT2D eigenvalue weighted by atomic mass is 10.1. The summed E-state index contributed by atoms with van der Waals surface area (Å²) in [5, 5.41) is 0. The van der Waals surface area contributed by atoms with Gasteiger partial charge in [-0.3, -0.25) is 0 Å². The third-order valence-electron chi connectivity index (χ3n) is 3.36. The Morgan fingerprint density at radius 1 is 1.33 bits per heavy atom. The van der Waals surface area contributed by atoms with Gasteiger partial charge in [-0.2, -0.15) is 0 Å². The Bertz CT molecular complexity index is 554. The van der Waals surface area contributed by atoms with Crippen molar-refractivity contribution >= 4 is 11.8 Å². The maximum absolute atomic E-state index is 13.9. The predicted octanol–water partition coefficient (Wildman–Crippen LogP) is 3.75. The summed E-state index contributed by atoms with van der Waals surface area (Å²) in [7, 11) is 0. The van der Waals surface area contributed by atoms with Gasteiger partial charge in [0.05, 0.1) is 5.69 Å². The molecule has 0 saturated heterocycles. The molecule has 0 unspecified atom stereocenters. The van der Waals surface area contributed by atoms with Gasteiger partial charge in [-0.25, -0.2) is 9.37 Å². The molecular formula is C14H15FN2S. The maximum atomic E-state index is 13.9. The molecule has 94 valence electrons. The third-order valence-corrected chi connectivity index (χ3v) is 4.08. The highest BCUT2D eigenvalue weighted by Gasteiger charge is 2.15. The predicted molar refractivity (Wildman–Crippen MR) is 72.3 cm³/mol. The number of hydrogen-bond donors (Lipinski definition) is 0. The first-order chi connectivity index (χ1) is 8.78. The van der Waals surface area contributed by atoms with Crippen LogP contribution < -0.4 is 0 Å². The number of nitrogens with zero attached hydrogens (tertiary/aromatic N) is 2. The summed E-state index contributed by atoms with van der Waals surface area (Å²) in [6.07, 6.45) is 7.36. The van der Waals surface area contributed by atoms with Gasteiger partial charge in [0.15, 0.2) is 0 Å². The van der Waals surface area contributed by atoms with Gasteiger partial charge < -0.3 is 4.57 Å². The number of benzene rings is 1. The number of imidazole rings is 1. The molecule has 2 nitrogen and oxygen atoms in total. The number of aryl methyl sites for hydroxylation is 2. The number of rotatable bonds is 2. The maximum Gasteiger partial charge on any atom is 0.132 e. The first-order valence-electron chi connectivity index (χ1n) is 6.18. The van der Waals surface area contributed by atoms with Crippen molar-refractivity contribution in [3.63, 3.8) is 0 Å². The van der Waals surface area contributed by atoms with Gasteiger partial charge in [0.25, 0.3) is 0 Å². The van der Waals surface area contributed by atoms with Gasteiger partial charge in [0, 0.05) is 29.6 Å². The molecule has 0 fully saturated rings. The fourth-order valence-electron chi connectivity index (χ4n) is 2.37. The fourth-order valence-corrected chi connectivity index (χ4v) is 2.81. The summed E-state index contributed by atoms with van der Waals surface area (Å²) >= 11 is 1.62. The van der Waals surface area contributed by atoms with Gasteiger partial charge in [0.2, 0.25) is 0 Å². The molecule has 0 spiro atoms. The second kappa shape index (κ2) is 4.76. The van der Waals surface area contributed by atoms with Crippen molar-refractivity contribution in [2.45, 2.75) is 30.7 Å². The first kappa shape index (κ1) is 11.8. The van der Waals surface area contributed by atoms with Gasteiger partial charge in [-0.05, 0) is 37.3 Å². The first-order valence-corrected chi connectivity index (χ1v) is 7.40. The van der Waals surface area contributed by atoms with E-state index < -0.39 is 0 Å². The number of halogens is 1. The molecular weight excluding hydrogens is 247 g/mol. The van der Waals surface area contributed by atoms with Crippen molar-refractivity contribution in [1.82, 2.24) is 9.55 Å². The van der Waals surface area contributed by atoms with Crippen LogP contribution in [0.15, 0.2) is 29.3 Å². The third kappa shape index (κ3) is 2.05. The van der Waals surface area contributed by atoms with Crippen LogP contribution in [0.4, 0.5) is 4.39 Å². The summed E-state index contributed by atoms with van der Waals surface area (Å²) in [5.74, 6) is 0.897. The molecule has 0 radical (unpaired) electrons. The van der Waals surface area contributed by atoms with Crippen LogP contribution in [0.2, 0.25) is 0 Å². The Balaban J connectivity index is 2.06.